The van der Waals surface area contributed by atoms with Crippen molar-refractivity contribution in [2.24, 2.45) is 0 Å². The molecular weight excluding hydrogens is 252 g/mol. The largest absolute Gasteiger partial charge is 0.497 e. The summed E-state index contributed by atoms with van der Waals surface area (Å²) in [5.41, 5.74) is 3.98. The molecule has 4 nitrogen and oxygen atoms in total. The molecule has 4 heteroatoms. The summed E-state index contributed by atoms with van der Waals surface area (Å²) in [6.07, 6.45) is 0. The molecule has 0 aliphatic carbocycles. The molecule has 1 heterocycles. The number of rotatable bonds is 3. The highest BCUT2D eigenvalue weighted by Gasteiger charge is 2.08. The Labute approximate surface area is 117 Å². The molecule has 2 aromatic carbocycles. The highest BCUT2D eigenvalue weighted by atomic mass is 16.5. The molecule has 1 aromatic heterocycles. The van der Waals surface area contributed by atoms with Crippen LogP contribution in [-0.2, 0) is 0 Å². The lowest BCUT2D eigenvalue weighted by atomic mass is 10.1. The second-order valence-electron chi connectivity index (χ2n) is 4.65. The van der Waals surface area contributed by atoms with Gasteiger partial charge < -0.3 is 14.5 Å². The monoisotopic (exact) mass is 268 g/mol. The van der Waals surface area contributed by atoms with Gasteiger partial charge in [-0.2, -0.15) is 0 Å². The van der Waals surface area contributed by atoms with Crippen LogP contribution in [0.5, 0.6) is 11.5 Å². The van der Waals surface area contributed by atoms with E-state index in [1.807, 2.05) is 43.3 Å². The van der Waals surface area contributed by atoms with Crippen LogP contribution in [0.4, 0.5) is 0 Å². The lowest BCUT2D eigenvalue weighted by Gasteiger charge is -2.05. The van der Waals surface area contributed by atoms with Crippen molar-refractivity contribution in [3.8, 4) is 22.9 Å². The molecule has 0 fully saturated rings. The zero-order valence-electron chi connectivity index (χ0n) is 11.7. The molecule has 1 N–H and O–H groups in total. The number of aryl methyl sites for hydroxylation is 1. The van der Waals surface area contributed by atoms with Gasteiger partial charge in [-0.25, -0.2) is 4.98 Å². The van der Waals surface area contributed by atoms with Crippen LogP contribution in [0.15, 0.2) is 36.4 Å². The molecule has 0 saturated heterocycles. The maximum absolute atomic E-state index is 5.36. The van der Waals surface area contributed by atoms with Crippen molar-refractivity contribution in [1.82, 2.24) is 9.97 Å². The molecule has 0 amide bonds. The van der Waals surface area contributed by atoms with E-state index in [2.05, 4.69) is 9.97 Å². The summed E-state index contributed by atoms with van der Waals surface area (Å²) >= 11 is 0. The smallest absolute Gasteiger partial charge is 0.138 e. The highest BCUT2D eigenvalue weighted by Crippen LogP contribution is 2.27. The fourth-order valence-corrected chi connectivity index (χ4v) is 2.22. The van der Waals surface area contributed by atoms with Gasteiger partial charge in [-0.1, -0.05) is 12.1 Å². The summed E-state index contributed by atoms with van der Waals surface area (Å²) in [4.78, 5) is 7.91. The van der Waals surface area contributed by atoms with E-state index in [1.54, 1.807) is 14.2 Å². The number of benzene rings is 2. The molecule has 3 rings (SSSR count). The number of fused-ring (bicyclic) bond motifs is 1. The molecule has 0 radical (unpaired) electrons. The van der Waals surface area contributed by atoms with Gasteiger partial charge in [-0.05, 0) is 30.7 Å². The number of aromatic amines is 1. The predicted octanol–water partition coefficient (Wildman–Crippen LogP) is 3.56. The first-order valence-corrected chi connectivity index (χ1v) is 6.40. The summed E-state index contributed by atoms with van der Waals surface area (Å²) in [5, 5.41) is 0. The Morgan fingerprint density at radius 2 is 1.85 bits per heavy atom. The van der Waals surface area contributed by atoms with Gasteiger partial charge >= 0.3 is 0 Å². The lowest BCUT2D eigenvalue weighted by molar-refractivity contribution is 0.412. The normalized spacial score (nSPS) is 10.8. The van der Waals surface area contributed by atoms with E-state index < -0.39 is 0 Å². The van der Waals surface area contributed by atoms with Gasteiger partial charge in [0.05, 0.1) is 25.3 Å². The van der Waals surface area contributed by atoms with E-state index in [-0.39, 0.29) is 0 Å². The standard InChI is InChI=1S/C16H16N2O2/c1-10-4-5-11(8-15(10)20-3)16-17-13-7-6-12(19-2)9-14(13)18-16/h4-9H,1-3H3,(H,17,18). The van der Waals surface area contributed by atoms with Crippen LogP contribution >= 0.6 is 0 Å². The number of hydrogen-bond acceptors (Lipinski definition) is 3. The number of methoxy groups -OCH3 is 2. The molecule has 0 unspecified atom stereocenters. The molecule has 0 saturated carbocycles. The van der Waals surface area contributed by atoms with Crippen molar-refractivity contribution in [3.63, 3.8) is 0 Å². The topological polar surface area (TPSA) is 47.1 Å². The zero-order chi connectivity index (χ0) is 14.1. The van der Waals surface area contributed by atoms with Gasteiger partial charge in [-0.15, -0.1) is 0 Å². The van der Waals surface area contributed by atoms with E-state index in [0.717, 1.165) is 39.5 Å². The van der Waals surface area contributed by atoms with Crippen molar-refractivity contribution >= 4 is 11.0 Å². The molecule has 0 aliphatic rings. The van der Waals surface area contributed by atoms with Gasteiger partial charge in [0.1, 0.15) is 17.3 Å². The molecule has 0 atom stereocenters. The molecule has 0 bridgehead atoms. The van der Waals surface area contributed by atoms with Crippen LogP contribution < -0.4 is 9.47 Å². The van der Waals surface area contributed by atoms with Crippen LogP contribution in [0.25, 0.3) is 22.4 Å². The third-order valence-corrected chi connectivity index (χ3v) is 3.37. The van der Waals surface area contributed by atoms with Crippen LogP contribution in [0.1, 0.15) is 5.56 Å². The number of ether oxygens (including phenoxy) is 2. The molecule has 3 aromatic rings. The van der Waals surface area contributed by atoms with Gasteiger partial charge in [-0.3, -0.25) is 0 Å². The van der Waals surface area contributed by atoms with Crippen molar-refractivity contribution in [3.05, 3.63) is 42.0 Å². The fraction of sp³-hybridized carbons (Fsp3) is 0.188. The number of imidazole rings is 1. The zero-order valence-corrected chi connectivity index (χ0v) is 11.7. The Morgan fingerprint density at radius 3 is 2.60 bits per heavy atom. The third kappa shape index (κ3) is 2.09. The molecular formula is C16H16N2O2. The fourth-order valence-electron chi connectivity index (χ4n) is 2.22. The first-order chi connectivity index (χ1) is 9.71. The second-order valence-corrected chi connectivity index (χ2v) is 4.65. The summed E-state index contributed by atoms with van der Waals surface area (Å²) in [6, 6.07) is 11.8. The first-order valence-electron chi connectivity index (χ1n) is 6.40. The maximum Gasteiger partial charge on any atom is 0.138 e. The van der Waals surface area contributed by atoms with Crippen LogP contribution in [0.2, 0.25) is 0 Å². The average Bonchev–Trinajstić information content (AvgIpc) is 2.90. The second kappa shape index (κ2) is 4.89. The summed E-state index contributed by atoms with van der Waals surface area (Å²) in [7, 11) is 3.33. The number of hydrogen-bond donors (Lipinski definition) is 1. The Hall–Kier alpha value is -2.49. The minimum atomic E-state index is 0.814. The van der Waals surface area contributed by atoms with E-state index >= 15 is 0 Å². The first kappa shape index (κ1) is 12.5. The van der Waals surface area contributed by atoms with Crippen molar-refractivity contribution in [2.75, 3.05) is 14.2 Å². The minimum Gasteiger partial charge on any atom is -0.497 e. The van der Waals surface area contributed by atoms with Crippen molar-refractivity contribution in [2.45, 2.75) is 6.92 Å². The van der Waals surface area contributed by atoms with Crippen LogP contribution in [-0.4, -0.2) is 24.2 Å². The van der Waals surface area contributed by atoms with E-state index in [1.165, 1.54) is 0 Å². The van der Waals surface area contributed by atoms with Crippen molar-refractivity contribution < 1.29 is 9.47 Å². The number of nitrogens with one attached hydrogen (secondary N) is 1. The van der Waals surface area contributed by atoms with Gasteiger partial charge in [0, 0.05) is 11.6 Å². The minimum absolute atomic E-state index is 0.814. The summed E-state index contributed by atoms with van der Waals surface area (Å²) in [6.45, 7) is 2.02. The van der Waals surface area contributed by atoms with Gasteiger partial charge in [0.2, 0.25) is 0 Å². The number of nitrogens with zero attached hydrogens (tertiary/aromatic N) is 1. The quantitative estimate of drug-likeness (QED) is 0.790. The molecule has 0 spiro atoms. The number of aromatic nitrogens is 2. The Bertz CT molecular complexity index is 762. The van der Waals surface area contributed by atoms with E-state index in [0.29, 0.717) is 0 Å². The SMILES string of the molecule is COc1ccc2nc(-c3ccc(C)c(OC)c3)[nH]c2c1. The van der Waals surface area contributed by atoms with E-state index in [9.17, 15) is 0 Å². The molecule has 20 heavy (non-hydrogen) atoms. The van der Waals surface area contributed by atoms with Gasteiger partial charge in [0.25, 0.3) is 0 Å². The highest BCUT2D eigenvalue weighted by molar-refractivity contribution is 5.81. The average molecular weight is 268 g/mol. The maximum atomic E-state index is 5.36. The summed E-state index contributed by atoms with van der Waals surface area (Å²) in [5.74, 6) is 2.50. The van der Waals surface area contributed by atoms with Crippen molar-refractivity contribution in [1.29, 1.82) is 0 Å². The summed E-state index contributed by atoms with van der Waals surface area (Å²) < 4.78 is 10.6. The van der Waals surface area contributed by atoms with Crippen LogP contribution in [0.3, 0.4) is 0 Å². The lowest BCUT2D eigenvalue weighted by Crippen LogP contribution is -1.88. The van der Waals surface area contributed by atoms with Gasteiger partial charge in [0.15, 0.2) is 0 Å². The van der Waals surface area contributed by atoms with E-state index in [4.69, 9.17) is 9.47 Å². The number of H-pyrrole nitrogens is 1. The van der Waals surface area contributed by atoms with Crippen LogP contribution in [0, 0.1) is 6.92 Å². The Balaban J connectivity index is 2.09. The predicted molar refractivity (Wildman–Crippen MR) is 79.4 cm³/mol. The third-order valence-electron chi connectivity index (χ3n) is 3.37. The Kier molecular flexibility index (Phi) is 3.06. The molecule has 102 valence electrons. The Morgan fingerprint density at radius 1 is 1.00 bits per heavy atom. The molecule has 0 aliphatic heterocycles.